The average molecular weight is 498 g/mol. The molecule has 0 aliphatic carbocycles. The monoisotopic (exact) mass is 497 g/mol. The van der Waals surface area contributed by atoms with Gasteiger partial charge in [-0.3, -0.25) is 9.79 Å². The van der Waals surface area contributed by atoms with E-state index in [1.165, 1.54) is 0 Å². The van der Waals surface area contributed by atoms with Crippen molar-refractivity contribution in [3.8, 4) is 11.6 Å². The molecule has 1 atom stereocenters. The summed E-state index contributed by atoms with van der Waals surface area (Å²) in [6, 6.07) is 17.8. The van der Waals surface area contributed by atoms with Crippen molar-refractivity contribution in [2.75, 3.05) is 37.0 Å². The first kappa shape index (κ1) is 23.1. The maximum Gasteiger partial charge on any atom is 0.317 e. The lowest BCUT2D eigenvalue weighted by Gasteiger charge is -2.30. The molecule has 37 heavy (non-hydrogen) atoms. The highest BCUT2D eigenvalue weighted by Crippen LogP contribution is 2.32. The van der Waals surface area contributed by atoms with Crippen molar-refractivity contribution < 1.29 is 13.9 Å². The number of carbonyl (C=O) groups excluding carboxylic acids is 1. The second-order valence-corrected chi connectivity index (χ2v) is 9.05. The highest BCUT2D eigenvalue weighted by molar-refractivity contribution is 6.16. The second kappa shape index (κ2) is 9.98. The van der Waals surface area contributed by atoms with Crippen LogP contribution in [0.3, 0.4) is 0 Å². The highest BCUT2D eigenvalue weighted by Gasteiger charge is 2.29. The summed E-state index contributed by atoms with van der Waals surface area (Å²) in [6.45, 7) is 3.12. The molecule has 0 bridgehead atoms. The molecule has 2 aromatic heterocycles. The van der Waals surface area contributed by atoms with Gasteiger partial charge in [0.25, 0.3) is 5.89 Å². The van der Waals surface area contributed by atoms with Crippen LogP contribution >= 0.6 is 0 Å². The van der Waals surface area contributed by atoms with E-state index in [0.29, 0.717) is 12.3 Å². The Morgan fingerprint density at radius 2 is 1.92 bits per heavy atom. The Balaban J connectivity index is 1.31. The lowest BCUT2D eigenvalue weighted by atomic mass is 9.96. The van der Waals surface area contributed by atoms with Crippen molar-refractivity contribution in [1.82, 2.24) is 19.7 Å². The maximum absolute atomic E-state index is 13.2. The molecule has 0 unspecified atom stereocenters. The van der Waals surface area contributed by atoms with Gasteiger partial charge in [0.05, 0.1) is 18.6 Å². The summed E-state index contributed by atoms with van der Waals surface area (Å²) < 4.78 is 13.3. The molecule has 10 nitrogen and oxygen atoms in total. The molecule has 1 N–H and O–H groups in total. The number of nitrogens with one attached hydrogen (secondary N) is 1. The Kier molecular flexibility index (Phi) is 6.23. The number of benzene rings is 2. The van der Waals surface area contributed by atoms with Crippen molar-refractivity contribution in [3.05, 3.63) is 77.6 Å². The summed E-state index contributed by atoms with van der Waals surface area (Å²) in [6.07, 6.45) is 2.20. The number of carbonyl (C=O) groups is 1. The van der Waals surface area contributed by atoms with E-state index in [1.807, 2.05) is 54.6 Å². The topological polar surface area (TPSA) is 111 Å². The van der Waals surface area contributed by atoms with Crippen LogP contribution in [0.2, 0.25) is 0 Å². The van der Waals surface area contributed by atoms with Crippen molar-refractivity contribution in [1.29, 1.82) is 0 Å². The minimum Gasteiger partial charge on any atom is -0.401 e. The molecule has 4 heterocycles. The van der Waals surface area contributed by atoms with Gasteiger partial charge in [-0.05, 0) is 12.0 Å². The summed E-state index contributed by atoms with van der Waals surface area (Å²) in [5, 5.41) is 11.5. The number of anilines is 2. The molecular weight excluding hydrogens is 470 g/mol. The minimum atomic E-state index is -0.870. The van der Waals surface area contributed by atoms with Crippen LogP contribution in [0.15, 0.2) is 70.3 Å². The maximum atomic E-state index is 13.2. The third-order valence-electron chi connectivity index (χ3n) is 6.64. The van der Waals surface area contributed by atoms with Gasteiger partial charge in [-0.15, -0.1) is 5.10 Å². The number of aryl methyl sites for hydroxylation is 1. The normalized spacial score (nSPS) is 17.1. The van der Waals surface area contributed by atoms with Crippen molar-refractivity contribution in [2.24, 2.45) is 4.99 Å². The number of nitrogens with zero attached hydrogens (tertiary/aromatic N) is 6. The Morgan fingerprint density at radius 1 is 1.08 bits per heavy atom. The molecule has 188 valence electrons. The number of rotatable bonds is 7. The number of methoxy groups -OCH3 is 1. The number of imidazole rings is 1. The molecule has 0 radical (unpaired) electrons. The minimum absolute atomic E-state index is 0.0803. The van der Waals surface area contributed by atoms with Gasteiger partial charge in [0.2, 0.25) is 0 Å². The van der Waals surface area contributed by atoms with E-state index in [-0.39, 0.29) is 24.1 Å². The van der Waals surface area contributed by atoms with Crippen molar-refractivity contribution in [2.45, 2.75) is 25.6 Å². The Bertz CT molecular complexity index is 1440. The standard InChI is InChI=1S/C27H27N7O3/c1-36-15-14-33-12-7-13-34-17-28-23(26(33)34)25-31-32-27(37-25)30-24-21(35)16-19-10-5-6-11-20(19)22(29-24)18-8-3-2-4-9-18/h2-6,8-11,17,24H,7,12-16H2,1H3,(H,30,32)/t24-/m1/s1. The van der Waals surface area contributed by atoms with Crippen LogP contribution in [0, 0.1) is 0 Å². The molecule has 0 spiro atoms. The van der Waals surface area contributed by atoms with Gasteiger partial charge in [0, 0.05) is 44.3 Å². The number of ketones is 1. The van der Waals surface area contributed by atoms with Crippen LogP contribution < -0.4 is 10.2 Å². The lowest BCUT2D eigenvalue weighted by molar-refractivity contribution is -0.119. The number of ether oxygens (including phenoxy) is 1. The fourth-order valence-electron chi connectivity index (χ4n) is 4.87. The third kappa shape index (κ3) is 4.51. The third-order valence-corrected chi connectivity index (χ3v) is 6.64. The number of hydrogen-bond acceptors (Lipinski definition) is 9. The Morgan fingerprint density at radius 3 is 2.78 bits per heavy atom. The number of hydrogen-bond donors (Lipinski definition) is 1. The van der Waals surface area contributed by atoms with E-state index >= 15 is 0 Å². The van der Waals surface area contributed by atoms with Gasteiger partial charge in [-0.2, -0.15) is 0 Å². The van der Waals surface area contributed by atoms with Gasteiger partial charge in [0.15, 0.2) is 17.6 Å². The van der Waals surface area contributed by atoms with E-state index in [2.05, 4.69) is 30.0 Å². The van der Waals surface area contributed by atoms with E-state index < -0.39 is 6.17 Å². The molecule has 4 aromatic rings. The largest absolute Gasteiger partial charge is 0.401 e. The van der Waals surface area contributed by atoms with Crippen LogP contribution in [0.5, 0.6) is 0 Å². The number of aliphatic imine (C=N–C) groups is 1. The van der Waals surface area contributed by atoms with Crippen LogP contribution in [0.4, 0.5) is 11.8 Å². The second-order valence-electron chi connectivity index (χ2n) is 9.05. The quantitative estimate of drug-likeness (QED) is 0.415. The average Bonchev–Trinajstić information content (AvgIpc) is 3.55. The molecule has 2 aliphatic rings. The summed E-state index contributed by atoms with van der Waals surface area (Å²) in [5.41, 5.74) is 4.17. The summed E-state index contributed by atoms with van der Waals surface area (Å²) >= 11 is 0. The van der Waals surface area contributed by atoms with Crippen LogP contribution in [-0.2, 0) is 22.5 Å². The smallest absolute Gasteiger partial charge is 0.317 e. The zero-order valence-corrected chi connectivity index (χ0v) is 20.5. The molecule has 6 rings (SSSR count). The predicted molar refractivity (Wildman–Crippen MR) is 139 cm³/mol. The summed E-state index contributed by atoms with van der Waals surface area (Å²) in [4.78, 5) is 24.8. The van der Waals surface area contributed by atoms with Gasteiger partial charge in [0.1, 0.15) is 5.82 Å². The summed E-state index contributed by atoms with van der Waals surface area (Å²) in [5.74, 6) is 1.14. The van der Waals surface area contributed by atoms with Gasteiger partial charge in [-0.25, -0.2) is 4.98 Å². The highest BCUT2D eigenvalue weighted by atomic mass is 16.5. The molecule has 0 fully saturated rings. The predicted octanol–water partition coefficient (Wildman–Crippen LogP) is 3.19. The molecule has 2 aliphatic heterocycles. The van der Waals surface area contributed by atoms with E-state index in [4.69, 9.17) is 14.1 Å². The first-order chi connectivity index (χ1) is 18.2. The van der Waals surface area contributed by atoms with Crippen molar-refractivity contribution >= 4 is 23.3 Å². The van der Waals surface area contributed by atoms with E-state index in [1.54, 1.807) is 13.4 Å². The fourth-order valence-corrected chi connectivity index (χ4v) is 4.87. The number of aromatic nitrogens is 4. The molecule has 2 aromatic carbocycles. The number of Topliss-reactive ketones (excluding diaryl/α,β-unsaturated/α-hetero) is 1. The molecule has 0 saturated heterocycles. The Hall–Kier alpha value is -4.31. The van der Waals surface area contributed by atoms with Gasteiger partial charge >= 0.3 is 6.01 Å². The first-order valence-corrected chi connectivity index (χ1v) is 12.3. The first-order valence-electron chi connectivity index (χ1n) is 12.3. The van der Waals surface area contributed by atoms with Crippen LogP contribution in [0.25, 0.3) is 11.6 Å². The van der Waals surface area contributed by atoms with E-state index in [9.17, 15) is 4.79 Å². The van der Waals surface area contributed by atoms with Crippen LogP contribution in [0.1, 0.15) is 23.1 Å². The van der Waals surface area contributed by atoms with Gasteiger partial charge < -0.3 is 23.9 Å². The zero-order valence-electron chi connectivity index (χ0n) is 20.5. The van der Waals surface area contributed by atoms with Crippen molar-refractivity contribution in [3.63, 3.8) is 0 Å². The summed E-state index contributed by atoms with van der Waals surface area (Å²) in [7, 11) is 1.69. The SMILES string of the molecule is COCCN1CCCn2cnc(-c3nnc(N[C@H]4N=C(c5ccccc5)c5ccccc5CC4=O)o3)c21. The number of fused-ring (bicyclic) bond motifs is 2. The van der Waals surface area contributed by atoms with Gasteiger partial charge in [-0.1, -0.05) is 59.7 Å². The molecular formula is C27H27N7O3. The molecule has 0 saturated carbocycles. The fraction of sp³-hybridized carbons (Fsp3) is 0.296. The molecule has 10 heteroatoms. The lowest BCUT2D eigenvalue weighted by Crippen LogP contribution is -2.34. The Labute approximate surface area is 214 Å². The zero-order chi connectivity index (χ0) is 25.2. The molecule has 0 amide bonds. The van der Waals surface area contributed by atoms with E-state index in [0.717, 1.165) is 54.3 Å². The van der Waals surface area contributed by atoms with Crippen LogP contribution in [-0.4, -0.2) is 64.2 Å².